The molecule has 0 aliphatic carbocycles. The van der Waals surface area contributed by atoms with Gasteiger partial charge >= 0.3 is 0 Å². The van der Waals surface area contributed by atoms with Crippen molar-refractivity contribution in [3.05, 3.63) is 58.1 Å². The summed E-state index contributed by atoms with van der Waals surface area (Å²) in [6, 6.07) is 11.5. The summed E-state index contributed by atoms with van der Waals surface area (Å²) in [4.78, 5) is 14.4. The van der Waals surface area contributed by atoms with Gasteiger partial charge in [0.15, 0.2) is 0 Å². The van der Waals surface area contributed by atoms with Crippen LogP contribution in [0.5, 0.6) is 5.75 Å². The van der Waals surface area contributed by atoms with E-state index in [9.17, 15) is 18.3 Å². The van der Waals surface area contributed by atoms with Crippen molar-refractivity contribution in [2.45, 2.75) is 11.8 Å². The summed E-state index contributed by atoms with van der Waals surface area (Å²) in [5.41, 5.74) is 1.10. The Labute approximate surface area is 161 Å². The van der Waals surface area contributed by atoms with Crippen LogP contribution in [0, 0.1) is 6.92 Å². The molecule has 6 nitrogen and oxygen atoms in total. The Morgan fingerprint density at radius 1 is 1.08 bits per heavy atom. The molecule has 1 heterocycles. The summed E-state index contributed by atoms with van der Waals surface area (Å²) in [5, 5.41) is 9.99. The molecule has 1 amide bonds. The number of halogens is 1. The number of benzene rings is 2. The Morgan fingerprint density at radius 2 is 1.77 bits per heavy atom. The Hall–Kier alpha value is -1.90. The highest BCUT2D eigenvalue weighted by Gasteiger charge is 2.31. The summed E-state index contributed by atoms with van der Waals surface area (Å²) in [6.07, 6.45) is 0. The van der Waals surface area contributed by atoms with E-state index in [0.717, 1.165) is 5.56 Å². The third kappa shape index (κ3) is 3.77. The molecule has 0 bridgehead atoms. The van der Waals surface area contributed by atoms with E-state index in [-0.39, 0.29) is 48.3 Å². The van der Waals surface area contributed by atoms with Crippen LogP contribution in [0.25, 0.3) is 0 Å². The summed E-state index contributed by atoms with van der Waals surface area (Å²) in [6.45, 7) is 2.82. The molecule has 1 fully saturated rings. The van der Waals surface area contributed by atoms with E-state index < -0.39 is 10.0 Å². The van der Waals surface area contributed by atoms with Crippen LogP contribution in [0.1, 0.15) is 15.9 Å². The minimum atomic E-state index is -3.60. The van der Waals surface area contributed by atoms with Gasteiger partial charge in [-0.1, -0.05) is 28.1 Å². The number of carbonyl (C=O) groups excluding carboxylic acids is 1. The van der Waals surface area contributed by atoms with Crippen LogP contribution < -0.4 is 0 Å². The Bertz CT molecular complexity index is 938. The molecule has 8 heteroatoms. The maximum absolute atomic E-state index is 12.7. The van der Waals surface area contributed by atoms with Crippen LogP contribution in [0.3, 0.4) is 0 Å². The number of sulfonamides is 1. The second-order valence-corrected chi connectivity index (χ2v) is 9.03. The van der Waals surface area contributed by atoms with Gasteiger partial charge in [0.1, 0.15) is 5.75 Å². The average Bonchev–Trinajstić information content (AvgIpc) is 2.61. The quantitative estimate of drug-likeness (QED) is 0.798. The Morgan fingerprint density at radius 3 is 2.38 bits per heavy atom. The lowest BCUT2D eigenvalue weighted by Gasteiger charge is -2.34. The van der Waals surface area contributed by atoms with Crippen LogP contribution in [0.15, 0.2) is 51.8 Å². The number of phenolic OH excluding ortho intramolecular Hbond substituents is 1. The van der Waals surface area contributed by atoms with Gasteiger partial charge in [-0.25, -0.2) is 8.42 Å². The van der Waals surface area contributed by atoms with Gasteiger partial charge in [-0.2, -0.15) is 4.31 Å². The van der Waals surface area contributed by atoms with Crippen LogP contribution in [-0.4, -0.2) is 54.8 Å². The monoisotopic (exact) mass is 438 g/mol. The zero-order valence-corrected chi connectivity index (χ0v) is 16.6. The van der Waals surface area contributed by atoms with Gasteiger partial charge in [0.2, 0.25) is 10.0 Å². The SMILES string of the molecule is Cc1ccc(C(=O)N2CCN(S(=O)(=O)c3cccc(Br)c3)CC2)c(O)c1. The highest BCUT2D eigenvalue weighted by molar-refractivity contribution is 9.10. The number of hydrogen-bond acceptors (Lipinski definition) is 4. The first-order chi connectivity index (χ1) is 12.3. The fourth-order valence-corrected chi connectivity index (χ4v) is 4.92. The molecule has 26 heavy (non-hydrogen) atoms. The lowest BCUT2D eigenvalue weighted by atomic mass is 10.1. The second-order valence-electron chi connectivity index (χ2n) is 6.17. The molecule has 1 aliphatic rings. The van der Waals surface area contributed by atoms with Gasteiger partial charge in [-0.15, -0.1) is 0 Å². The van der Waals surface area contributed by atoms with Crippen LogP contribution in [0.2, 0.25) is 0 Å². The minimum Gasteiger partial charge on any atom is -0.507 e. The van der Waals surface area contributed by atoms with E-state index in [2.05, 4.69) is 15.9 Å². The maximum atomic E-state index is 12.7. The standard InChI is InChI=1S/C18H19BrN2O4S/c1-13-5-6-16(17(22)11-13)18(23)20-7-9-21(10-8-20)26(24,25)15-4-2-3-14(19)12-15/h2-6,11-12,22H,7-10H2,1H3. The molecule has 3 rings (SSSR count). The lowest BCUT2D eigenvalue weighted by molar-refractivity contribution is 0.0695. The van der Waals surface area contributed by atoms with Crippen molar-refractivity contribution in [3.63, 3.8) is 0 Å². The molecule has 0 saturated carbocycles. The molecule has 1 N–H and O–H groups in total. The van der Waals surface area contributed by atoms with Crippen LogP contribution >= 0.6 is 15.9 Å². The molecule has 1 saturated heterocycles. The average molecular weight is 439 g/mol. The third-order valence-corrected chi connectivity index (χ3v) is 6.73. The predicted molar refractivity (Wildman–Crippen MR) is 102 cm³/mol. The second kappa shape index (κ2) is 7.38. The molecule has 0 unspecified atom stereocenters. The van der Waals surface area contributed by atoms with E-state index >= 15 is 0 Å². The van der Waals surface area contributed by atoms with Crippen molar-refractivity contribution in [2.75, 3.05) is 26.2 Å². The zero-order valence-electron chi connectivity index (χ0n) is 14.2. The number of aromatic hydroxyl groups is 1. The van der Waals surface area contributed by atoms with E-state index in [1.165, 1.54) is 4.31 Å². The number of phenols is 1. The first-order valence-corrected chi connectivity index (χ1v) is 10.4. The van der Waals surface area contributed by atoms with Gasteiger partial charge in [0.05, 0.1) is 10.5 Å². The van der Waals surface area contributed by atoms with E-state index in [4.69, 9.17) is 0 Å². The molecule has 138 valence electrons. The molecule has 0 radical (unpaired) electrons. The topological polar surface area (TPSA) is 77.9 Å². The third-order valence-electron chi connectivity index (χ3n) is 4.34. The lowest BCUT2D eigenvalue weighted by Crippen LogP contribution is -2.50. The van der Waals surface area contributed by atoms with Crippen molar-refractivity contribution in [2.24, 2.45) is 0 Å². The van der Waals surface area contributed by atoms with Gasteiger partial charge in [0, 0.05) is 30.7 Å². The van der Waals surface area contributed by atoms with Crippen LogP contribution in [-0.2, 0) is 10.0 Å². The first-order valence-electron chi connectivity index (χ1n) is 8.13. The molecule has 0 atom stereocenters. The predicted octanol–water partition coefficient (Wildman–Crippen LogP) is 2.61. The van der Waals surface area contributed by atoms with Gasteiger partial charge in [-0.05, 0) is 42.8 Å². The van der Waals surface area contributed by atoms with Crippen molar-refractivity contribution < 1.29 is 18.3 Å². The Balaban J connectivity index is 1.72. The number of carbonyl (C=O) groups is 1. The first kappa shape index (κ1) is 18.9. The highest BCUT2D eigenvalue weighted by atomic mass is 79.9. The number of piperazine rings is 1. The molecule has 0 spiro atoms. The number of nitrogens with zero attached hydrogens (tertiary/aromatic N) is 2. The number of rotatable bonds is 3. The van der Waals surface area contributed by atoms with E-state index in [0.29, 0.717) is 4.47 Å². The highest BCUT2D eigenvalue weighted by Crippen LogP contribution is 2.24. The largest absolute Gasteiger partial charge is 0.507 e. The fourth-order valence-electron chi connectivity index (χ4n) is 2.90. The van der Waals surface area contributed by atoms with Gasteiger partial charge < -0.3 is 10.0 Å². The maximum Gasteiger partial charge on any atom is 0.257 e. The zero-order chi connectivity index (χ0) is 18.9. The van der Waals surface area contributed by atoms with E-state index in [1.54, 1.807) is 47.4 Å². The van der Waals surface area contributed by atoms with Crippen molar-refractivity contribution in [1.29, 1.82) is 0 Å². The smallest absolute Gasteiger partial charge is 0.257 e. The molecule has 1 aliphatic heterocycles. The van der Waals surface area contributed by atoms with Crippen molar-refractivity contribution in [1.82, 2.24) is 9.21 Å². The van der Waals surface area contributed by atoms with E-state index in [1.807, 2.05) is 6.92 Å². The minimum absolute atomic E-state index is 0.0563. The summed E-state index contributed by atoms with van der Waals surface area (Å²) in [7, 11) is -3.60. The summed E-state index contributed by atoms with van der Waals surface area (Å²) < 4.78 is 27.6. The van der Waals surface area contributed by atoms with Crippen LogP contribution in [0.4, 0.5) is 0 Å². The van der Waals surface area contributed by atoms with Gasteiger partial charge in [-0.3, -0.25) is 4.79 Å². The van der Waals surface area contributed by atoms with Gasteiger partial charge in [0.25, 0.3) is 5.91 Å². The molecular weight excluding hydrogens is 420 g/mol. The molecule has 2 aromatic carbocycles. The van der Waals surface area contributed by atoms with Crippen molar-refractivity contribution in [3.8, 4) is 5.75 Å². The number of aryl methyl sites for hydroxylation is 1. The normalized spacial score (nSPS) is 15.8. The fraction of sp³-hybridized carbons (Fsp3) is 0.278. The van der Waals surface area contributed by atoms with Crippen molar-refractivity contribution >= 4 is 31.9 Å². The number of hydrogen-bond donors (Lipinski definition) is 1. The Kier molecular flexibility index (Phi) is 5.36. The number of amides is 1. The summed E-state index contributed by atoms with van der Waals surface area (Å²) >= 11 is 3.29. The molecular formula is C18H19BrN2O4S. The molecule has 2 aromatic rings. The molecule has 0 aromatic heterocycles. The summed E-state index contributed by atoms with van der Waals surface area (Å²) in [5.74, 6) is -0.346.